The minimum absolute atomic E-state index is 0.0710. The van der Waals surface area contributed by atoms with Crippen LogP contribution in [0.1, 0.15) is 26.3 Å². The van der Waals surface area contributed by atoms with Crippen LogP contribution in [0.15, 0.2) is 130 Å². The lowest BCUT2D eigenvalue weighted by atomic mass is 10.0. The summed E-state index contributed by atoms with van der Waals surface area (Å²) < 4.78 is 0. The summed E-state index contributed by atoms with van der Waals surface area (Å²) in [7, 11) is 0. The van der Waals surface area contributed by atoms with Gasteiger partial charge in [-0.25, -0.2) is 4.79 Å². The third-order valence-electron chi connectivity index (χ3n) is 4.80. The van der Waals surface area contributed by atoms with E-state index in [0.717, 1.165) is 9.79 Å². The van der Waals surface area contributed by atoms with Crippen LogP contribution in [0.4, 0.5) is 0 Å². The zero-order chi connectivity index (χ0) is 23.8. The lowest BCUT2D eigenvalue weighted by Gasteiger charge is -2.07. The topological polar surface area (TPSA) is 72.8 Å². The molecule has 6 heteroatoms. The summed E-state index contributed by atoms with van der Waals surface area (Å²) in [5.41, 5.74) is 0.959. The number of rotatable bonds is 8. The average molecular weight is 466 g/mol. The van der Waals surface area contributed by atoms with Gasteiger partial charge in [0.05, 0.1) is 0 Å². The summed E-state index contributed by atoms with van der Waals surface area (Å²) in [5, 5.41) is 3.80. The van der Waals surface area contributed by atoms with Crippen LogP contribution in [-0.2, 0) is 9.63 Å². The highest BCUT2D eigenvalue weighted by atomic mass is 32.2. The number of carbonyl (C=O) groups is 3. The standard InChI is InChI=1S/C28H19NO4S/c30-26(22-16-18-24(19-17-22)34-23-14-8-3-9-15-23)25(20-10-4-1-5-11-20)29-33-28(32)27(31)21-12-6-2-7-13-21/h1-19H/b29-25+. The highest BCUT2D eigenvalue weighted by Crippen LogP contribution is 2.27. The zero-order valence-corrected chi connectivity index (χ0v) is 18.8. The number of ketones is 2. The van der Waals surface area contributed by atoms with Crippen molar-refractivity contribution in [3.05, 3.63) is 132 Å². The molecule has 5 nitrogen and oxygen atoms in total. The molecular formula is C28H19NO4S. The second kappa shape index (κ2) is 11.0. The molecule has 4 rings (SSSR count). The first kappa shape index (κ1) is 22.9. The Balaban J connectivity index is 1.55. The lowest BCUT2D eigenvalue weighted by Crippen LogP contribution is -2.20. The fourth-order valence-corrected chi connectivity index (χ4v) is 3.93. The lowest BCUT2D eigenvalue weighted by molar-refractivity contribution is -0.138. The molecule has 0 saturated heterocycles. The van der Waals surface area contributed by atoms with E-state index < -0.39 is 17.5 Å². The third-order valence-corrected chi connectivity index (χ3v) is 5.81. The van der Waals surface area contributed by atoms with Crippen LogP contribution < -0.4 is 0 Å². The van der Waals surface area contributed by atoms with E-state index in [2.05, 4.69) is 5.16 Å². The van der Waals surface area contributed by atoms with Crippen molar-refractivity contribution >= 4 is 35.0 Å². The first-order chi connectivity index (χ1) is 16.6. The van der Waals surface area contributed by atoms with Gasteiger partial charge in [-0.05, 0) is 36.4 Å². The van der Waals surface area contributed by atoms with Gasteiger partial charge in [0.2, 0.25) is 5.78 Å². The molecule has 0 fully saturated rings. The molecule has 0 N–H and O–H groups in total. The first-order valence-electron chi connectivity index (χ1n) is 10.4. The van der Waals surface area contributed by atoms with E-state index >= 15 is 0 Å². The molecular weight excluding hydrogens is 446 g/mol. The van der Waals surface area contributed by atoms with Gasteiger partial charge < -0.3 is 4.84 Å². The molecule has 0 aliphatic heterocycles. The number of carbonyl (C=O) groups excluding carboxylic acids is 3. The molecule has 0 radical (unpaired) electrons. The van der Waals surface area contributed by atoms with Crippen molar-refractivity contribution in [1.29, 1.82) is 0 Å². The van der Waals surface area contributed by atoms with Crippen LogP contribution in [0.5, 0.6) is 0 Å². The number of oxime groups is 1. The number of benzene rings is 4. The Hall–Kier alpha value is -4.29. The molecule has 4 aromatic carbocycles. The van der Waals surface area contributed by atoms with Crippen molar-refractivity contribution < 1.29 is 19.2 Å². The van der Waals surface area contributed by atoms with Gasteiger partial charge in [-0.1, -0.05) is 95.8 Å². The Kier molecular flexibility index (Phi) is 7.42. The predicted molar refractivity (Wildman–Crippen MR) is 131 cm³/mol. The molecule has 34 heavy (non-hydrogen) atoms. The van der Waals surface area contributed by atoms with Gasteiger partial charge >= 0.3 is 5.97 Å². The van der Waals surface area contributed by atoms with Gasteiger partial charge in [0.1, 0.15) is 0 Å². The largest absolute Gasteiger partial charge is 0.405 e. The van der Waals surface area contributed by atoms with E-state index in [1.807, 2.05) is 42.5 Å². The van der Waals surface area contributed by atoms with Crippen LogP contribution in [0.25, 0.3) is 0 Å². The summed E-state index contributed by atoms with van der Waals surface area (Å²) in [4.78, 5) is 44.8. The first-order valence-corrected chi connectivity index (χ1v) is 11.3. The van der Waals surface area contributed by atoms with Gasteiger partial charge in [-0.15, -0.1) is 0 Å². The highest BCUT2D eigenvalue weighted by molar-refractivity contribution is 7.99. The summed E-state index contributed by atoms with van der Waals surface area (Å²) in [5.74, 6) is -2.43. The second-order valence-electron chi connectivity index (χ2n) is 7.15. The van der Waals surface area contributed by atoms with Crippen LogP contribution in [0.2, 0.25) is 0 Å². The number of nitrogens with zero attached hydrogens (tertiary/aromatic N) is 1. The van der Waals surface area contributed by atoms with Gasteiger partial charge in [0, 0.05) is 26.5 Å². The molecule has 0 atom stereocenters. The Morgan fingerprint density at radius 2 is 1.00 bits per heavy atom. The van der Waals surface area contributed by atoms with Crippen LogP contribution in [-0.4, -0.2) is 23.2 Å². The fraction of sp³-hybridized carbons (Fsp3) is 0. The smallest absolute Gasteiger partial charge is 0.308 e. The summed E-state index contributed by atoms with van der Waals surface area (Å²) in [6, 6.07) is 33.7. The maximum atomic E-state index is 13.3. The Morgan fingerprint density at radius 1 is 0.529 bits per heavy atom. The minimum atomic E-state index is -1.16. The van der Waals surface area contributed by atoms with Crippen LogP contribution >= 0.6 is 11.8 Å². The van der Waals surface area contributed by atoms with E-state index in [1.165, 1.54) is 12.1 Å². The van der Waals surface area contributed by atoms with Crippen LogP contribution in [0.3, 0.4) is 0 Å². The van der Waals surface area contributed by atoms with Gasteiger partial charge in [0.15, 0.2) is 5.71 Å². The van der Waals surface area contributed by atoms with Crippen molar-refractivity contribution in [2.45, 2.75) is 9.79 Å². The third kappa shape index (κ3) is 5.74. The molecule has 0 bridgehead atoms. The van der Waals surface area contributed by atoms with Crippen molar-refractivity contribution in [3.63, 3.8) is 0 Å². The quantitative estimate of drug-likeness (QED) is 0.107. The number of hydrogen-bond acceptors (Lipinski definition) is 6. The Morgan fingerprint density at radius 3 is 1.59 bits per heavy atom. The molecule has 166 valence electrons. The van der Waals surface area contributed by atoms with Crippen molar-refractivity contribution in [2.24, 2.45) is 5.16 Å². The summed E-state index contributed by atoms with van der Waals surface area (Å²) in [6.45, 7) is 0. The average Bonchev–Trinajstić information content (AvgIpc) is 2.90. The molecule has 0 unspecified atom stereocenters. The highest BCUT2D eigenvalue weighted by Gasteiger charge is 2.21. The Bertz CT molecular complexity index is 1320. The second-order valence-corrected chi connectivity index (χ2v) is 8.30. The summed E-state index contributed by atoms with van der Waals surface area (Å²) in [6.07, 6.45) is 0. The molecule has 0 aliphatic carbocycles. The molecule has 0 aliphatic rings. The Labute approximate surface area is 201 Å². The normalized spacial score (nSPS) is 11.0. The molecule has 0 saturated carbocycles. The molecule has 0 amide bonds. The van der Waals surface area contributed by atoms with Crippen molar-refractivity contribution in [3.8, 4) is 0 Å². The number of Topliss-reactive ketones (excluding diaryl/α,β-unsaturated/α-hetero) is 2. The molecule has 0 aromatic heterocycles. The van der Waals surface area contributed by atoms with Gasteiger partial charge in [-0.3, -0.25) is 9.59 Å². The summed E-state index contributed by atoms with van der Waals surface area (Å²) >= 11 is 1.58. The van der Waals surface area contributed by atoms with Crippen molar-refractivity contribution in [1.82, 2.24) is 0 Å². The van der Waals surface area contributed by atoms with Gasteiger partial charge in [-0.2, -0.15) is 0 Å². The van der Waals surface area contributed by atoms with Crippen molar-refractivity contribution in [2.75, 3.05) is 0 Å². The maximum Gasteiger partial charge on any atom is 0.405 e. The maximum absolute atomic E-state index is 13.3. The molecule has 4 aromatic rings. The van der Waals surface area contributed by atoms with Gasteiger partial charge in [0.25, 0.3) is 5.78 Å². The number of hydrogen-bond donors (Lipinski definition) is 0. The van der Waals surface area contributed by atoms with E-state index in [-0.39, 0.29) is 11.3 Å². The van der Waals surface area contributed by atoms with E-state index in [4.69, 9.17) is 4.84 Å². The molecule has 0 heterocycles. The van der Waals surface area contributed by atoms with Crippen LogP contribution in [0, 0.1) is 0 Å². The zero-order valence-electron chi connectivity index (χ0n) is 18.0. The SMILES string of the molecule is O=C(O/N=C(/C(=O)c1ccc(Sc2ccccc2)cc1)c1ccccc1)C(=O)c1ccccc1. The van der Waals surface area contributed by atoms with E-state index in [9.17, 15) is 14.4 Å². The monoisotopic (exact) mass is 465 g/mol. The predicted octanol–water partition coefficient (Wildman–Crippen LogP) is 5.85. The minimum Gasteiger partial charge on any atom is -0.308 e. The van der Waals surface area contributed by atoms with E-state index in [0.29, 0.717) is 11.1 Å². The molecule has 0 spiro atoms. The fourth-order valence-electron chi connectivity index (χ4n) is 3.09. The van der Waals surface area contributed by atoms with E-state index in [1.54, 1.807) is 72.4 Å².